The summed E-state index contributed by atoms with van der Waals surface area (Å²) in [5.74, 6) is -1.27. The molecule has 0 fully saturated rings. The monoisotopic (exact) mass is 607 g/mol. The molecule has 0 bridgehead atoms. The quantitative estimate of drug-likeness (QED) is 0.277. The minimum Gasteiger partial charge on any atom is -0.354 e. The minimum atomic E-state index is -4.26. The molecule has 0 aliphatic rings. The highest BCUT2D eigenvalue weighted by Gasteiger charge is 2.34. The zero-order valence-corrected chi connectivity index (χ0v) is 24.8. The topological polar surface area (TPSA) is 86.8 Å². The van der Waals surface area contributed by atoms with E-state index in [4.69, 9.17) is 23.2 Å². The first-order valence-electron chi connectivity index (χ1n) is 12.8. The molecule has 3 aromatic rings. The summed E-state index contributed by atoms with van der Waals surface area (Å²) in [5, 5.41) is 3.19. The molecule has 1 N–H and O–H groups in total. The molecule has 0 radical (unpaired) electrons. The van der Waals surface area contributed by atoms with Crippen LogP contribution in [0, 0.1) is 11.7 Å². The third-order valence-corrected chi connectivity index (χ3v) is 8.44. The number of halogens is 3. The molecule has 3 aromatic carbocycles. The van der Waals surface area contributed by atoms with Crippen LogP contribution in [-0.4, -0.2) is 44.3 Å². The van der Waals surface area contributed by atoms with Gasteiger partial charge in [-0.2, -0.15) is 0 Å². The van der Waals surface area contributed by atoms with Crippen molar-refractivity contribution in [2.45, 2.75) is 44.7 Å². The number of benzene rings is 3. The minimum absolute atomic E-state index is 0.0339. The van der Waals surface area contributed by atoms with Gasteiger partial charge in [0.25, 0.3) is 10.0 Å². The second-order valence-corrected chi connectivity index (χ2v) is 12.3. The molecule has 40 heavy (non-hydrogen) atoms. The van der Waals surface area contributed by atoms with E-state index >= 15 is 0 Å². The van der Waals surface area contributed by atoms with Crippen molar-refractivity contribution in [3.05, 3.63) is 94.2 Å². The molecule has 0 aromatic heterocycles. The molecule has 1 atom stereocenters. The lowest BCUT2D eigenvalue weighted by molar-refractivity contribution is -0.140. The van der Waals surface area contributed by atoms with Gasteiger partial charge in [-0.05, 0) is 60.4 Å². The maximum absolute atomic E-state index is 14.0. The molecule has 0 heterocycles. The van der Waals surface area contributed by atoms with Crippen molar-refractivity contribution in [1.29, 1.82) is 0 Å². The summed E-state index contributed by atoms with van der Waals surface area (Å²) < 4.78 is 42.1. The highest BCUT2D eigenvalue weighted by molar-refractivity contribution is 7.92. The van der Waals surface area contributed by atoms with Crippen LogP contribution < -0.4 is 9.62 Å². The van der Waals surface area contributed by atoms with Gasteiger partial charge < -0.3 is 10.2 Å². The van der Waals surface area contributed by atoms with Crippen LogP contribution in [0.1, 0.15) is 32.8 Å². The van der Waals surface area contributed by atoms with E-state index in [1.807, 2.05) is 13.8 Å². The Morgan fingerprint density at radius 1 is 0.975 bits per heavy atom. The first-order chi connectivity index (χ1) is 18.9. The predicted octanol–water partition coefficient (Wildman–Crippen LogP) is 5.91. The van der Waals surface area contributed by atoms with Crippen LogP contribution >= 0.6 is 23.2 Å². The number of amides is 2. The van der Waals surface area contributed by atoms with Crippen LogP contribution in [0.2, 0.25) is 10.0 Å². The number of hydrogen-bond acceptors (Lipinski definition) is 4. The van der Waals surface area contributed by atoms with Crippen molar-refractivity contribution in [2.75, 3.05) is 17.4 Å². The summed E-state index contributed by atoms with van der Waals surface area (Å²) in [5.41, 5.74) is 0.633. The van der Waals surface area contributed by atoms with Gasteiger partial charge in [0.1, 0.15) is 18.4 Å². The van der Waals surface area contributed by atoms with Gasteiger partial charge >= 0.3 is 0 Å². The van der Waals surface area contributed by atoms with E-state index in [9.17, 15) is 22.4 Å². The smallest absolute Gasteiger partial charge is 0.264 e. The maximum Gasteiger partial charge on any atom is 0.264 e. The number of sulfonamides is 1. The number of carbonyl (C=O) groups is 2. The van der Waals surface area contributed by atoms with E-state index in [0.717, 1.165) is 4.31 Å². The van der Waals surface area contributed by atoms with Crippen LogP contribution in [0.15, 0.2) is 77.7 Å². The summed E-state index contributed by atoms with van der Waals surface area (Å²) in [6.07, 6.45) is 0.268. The lowest BCUT2D eigenvalue weighted by Crippen LogP contribution is -2.52. The predicted molar refractivity (Wildman–Crippen MR) is 156 cm³/mol. The highest BCUT2D eigenvalue weighted by Crippen LogP contribution is 2.33. The van der Waals surface area contributed by atoms with Gasteiger partial charge in [0.2, 0.25) is 11.8 Å². The fourth-order valence-corrected chi connectivity index (χ4v) is 6.06. The summed E-state index contributed by atoms with van der Waals surface area (Å²) in [6, 6.07) is 16.6. The zero-order chi connectivity index (χ0) is 29.4. The fraction of sp³-hybridized carbons (Fsp3) is 0.310. The average molecular weight is 609 g/mol. The Hall–Kier alpha value is -3.14. The van der Waals surface area contributed by atoms with Gasteiger partial charge in [0, 0.05) is 18.1 Å². The van der Waals surface area contributed by atoms with Crippen molar-refractivity contribution in [1.82, 2.24) is 10.2 Å². The number of anilines is 1. The van der Waals surface area contributed by atoms with E-state index in [2.05, 4.69) is 5.32 Å². The van der Waals surface area contributed by atoms with Crippen molar-refractivity contribution in [2.24, 2.45) is 5.92 Å². The maximum atomic E-state index is 14.0. The highest BCUT2D eigenvalue weighted by atomic mass is 35.5. The molecule has 1 unspecified atom stereocenters. The summed E-state index contributed by atoms with van der Waals surface area (Å²) >= 11 is 12.5. The van der Waals surface area contributed by atoms with Crippen LogP contribution in [0.3, 0.4) is 0 Å². The van der Waals surface area contributed by atoms with E-state index in [1.165, 1.54) is 59.5 Å². The Morgan fingerprint density at radius 3 is 2.20 bits per heavy atom. The molecule has 11 heteroatoms. The number of rotatable bonds is 12. The van der Waals surface area contributed by atoms with Crippen LogP contribution in [-0.2, 0) is 26.2 Å². The third kappa shape index (κ3) is 7.96. The Labute approximate surface area is 244 Å². The van der Waals surface area contributed by atoms with Gasteiger partial charge in [-0.1, -0.05) is 74.3 Å². The Bertz CT molecular complexity index is 1420. The molecule has 0 aliphatic heterocycles. The van der Waals surface area contributed by atoms with Crippen LogP contribution in [0.25, 0.3) is 0 Å². The van der Waals surface area contributed by atoms with Crippen molar-refractivity contribution < 1.29 is 22.4 Å². The fourth-order valence-electron chi connectivity index (χ4n) is 4.05. The van der Waals surface area contributed by atoms with E-state index in [0.29, 0.717) is 17.1 Å². The largest absolute Gasteiger partial charge is 0.354 e. The summed E-state index contributed by atoms with van der Waals surface area (Å²) in [7, 11) is -4.26. The van der Waals surface area contributed by atoms with E-state index < -0.39 is 34.3 Å². The molecule has 3 rings (SSSR count). The molecule has 7 nitrogen and oxygen atoms in total. The van der Waals surface area contributed by atoms with Crippen LogP contribution in [0.5, 0.6) is 0 Å². The number of nitrogens with one attached hydrogen (secondary N) is 1. The number of carbonyl (C=O) groups excluding carboxylic acids is 2. The second kappa shape index (κ2) is 14.0. The molecule has 0 saturated heterocycles. The Balaban J connectivity index is 2.06. The van der Waals surface area contributed by atoms with Crippen LogP contribution in [0.4, 0.5) is 10.1 Å². The number of hydrogen-bond donors (Lipinski definition) is 1. The van der Waals surface area contributed by atoms with E-state index in [1.54, 1.807) is 25.1 Å². The lowest BCUT2D eigenvalue weighted by atomic mass is 10.1. The molecule has 0 aliphatic carbocycles. The second-order valence-electron chi connectivity index (χ2n) is 9.63. The third-order valence-electron chi connectivity index (χ3n) is 6.13. The van der Waals surface area contributed by atoms with Crippen molar-refractivity contribution in [3.63, 3.8) is 0 Å². The molecule has 0 saturated carbocycles. The molecule has 0 spiro atoms. The Morgan fingerprint density at radius 2 is 1.62 bits per heavy atom. The first kappa shape index (κ1) is 31.4. The molecule has 2 amide bonds. The number of nitrogens with zero attached hydrogens (tertiary/aromatic N) is 2. The van der Waals surface area contributed by atoms with Gasteiger partial charge in [-0.15, -0.1) is 0 Å². The van der Waals surface area contributed by atoms with E-state index in [-0.39, 0.29) is 40.4 Å². The summed E-state index contributed by atoms with van der Waals surface area (Å²) in [4.78, 5) is 28.5. The zero-order valence-electron chi connectivity index (χ0n) is 22.5. The Kier molecular flexibility index (Phi) is 11.0. The summed E-state index contributed by atoms with van der Waals surface area (Å²) in [6.45, 7) is 5.38. The standard InChI is InChI=1S/C29H32Cl2FN3O4S/c1-4-26(29(37)33-17-20(2)3)34(18-21-10-13-23(32)14-11-21)28(36)19-35(27-15-12-22(30)16-25(27)31)40(38,39)24-8-6-5-7-9-24/h5-16,20,26H,4,17-19H2,1-3H3,(H,33,37). The van der Waals surface area contributed by atoms with Gasteiger partial charge in [0.05, 0.1) is 15.6 Å². The van der Waals surface area contributed by atoms with Crippen molar-refractivity contribution >= 4 is 50.7 Å². The van der Waals surface area contributed by atoms with Gasteiger partial charge in [-0.3, -0.25) is 13.9 Å². The molecular formula is C29H32Cl2FN3O4S. The lowest BCUT2D eigenvalue weighted by Gasteiger charge is -2.33. The van der Waals surface area contributed by atoms with Crippen molar-refractivity contribution in [3.8, 4) is 0 Å². The van der Waals surface area contributed by atoms with Gasteiger partial charge in [-0.25, -0.2) is 12.8 Å². The normalized spacial score (nSPS) is 12.2. The first-order valence-corrected chi connectivity index (χ1v) is 15.0. The SMILES string of the molecule is CCC(C(=O)NCC(C)C)N(Cc1ccc(F)cc1)C(=O)CN(c1ccc(Cl)cc1Cl)S(=O)(=O)c1ccccc1. The molecular weight excluding hydrogens is 576 g/mol. The average Bonchev–Trinajstić information content (AvgIpc) is 2.92. The van der Waals surface area contributed by atoms with Gasteiger partial charge in [0.15, 0.2) is 0 Å². The molecule has 214 valence electrons.